The highest BCUT2D eigenvalue weighted by Gasteiger charge is 2.05. The fourth-order valence-electron chi connectivity index (χ4n) is 2.70. The van der Waals surface area contributed by atoms with Crippen LogP contribution in [0.2, 0.25) is 0 Å². The monoisotopic (exact) mass is 439 g/mol. The molecule has 8 heteroatoms. The molecule has 0 bridgehead atoms. The van der Waals surface area contributed by atoms with Crippen LogP contribution in [0.15, 0.2) is 65.7 Å². The van der Waals surface area contributed by atoms with Gasteiger partial charge in [-0.05, 0) is 55.2 Å². The number of benzene rings is 2. The zero-order valence-electron chi connectivity index (χ0n) is 18.2. The van der Waals surface area contributed by atoms with Crippen molar-refractivity contribution in [1.29, 1.82) is 0 Å². The molecule has 8 nitrogen and oxygen atoms in total. The van der Waals surface area contributed by atoms with Gasteiger partial charge in [0.25, 0.3) is 0 Å². The molecule has 170 valence electrons. The molecule has 0 amide bonds. The lowest BCUT2D eigenvalue weighted by Crippen LogP contribution is -2.26. The van der Waals surface area contributed by atoms with Crippen LogP contribution < -0.4 is 15.4 Å². The number of ether oxygens (including phenoxy) is 1. The van der Waals surface area contributed by atoms with E-state index in [0.717, 1.165) is 43.3 Å². The lowest BCUT2D eigenvalue weighted by Gasteiger charge is -2.13. The van der Waals surface area contributed by atoms with E-state index in [9.17, 15) is 9.59 Å². The van der Waals surface area contributed by atoms with Gasteiger partial charge in [-0.1, -0.05) is 31.2 Å². The summed E-state index contributed by atoms with van der Waals surface area (Å²) in [5.41, 5.74) is 3.63. The van der Waals surface area contributed by atoms with Crippen LogP contribution in [0.5, 0.6) is 5.75 Å². The van der Waals surface area contributed by atoms with Crippen molar-refractivity contribution in [2.45, 2.75) is 32.8 Å². The molecule has 0 saturated carbocycles. The molecule has 4 N–H and O–H groups in total. The van der Waals surface area contributed by atoms with Crippen molar-refractivity contribution in [3.8, 4) is 5.75 Å². The van der Waals surface area contributed by atoms with E-state index in [-0.39, 0.29) is 6.10 Å². The van der Waals surface area contributed by atoms with Crippen molar-refractivity contribution < 1.29 is 24.5 Å². The molecule has 0 fully saturated rings. The second kappa shape index (κ2) is 12.8. The molecule has 1 aliphatic rings. The molecule has 0 aromatic heterocycles. The van der Waals surface area contributed by atoms with Gasteiger partial charge in [0.05, 0.1) is 12.6 Å². The summed E-state index contributed by atoms with van der Waals surface area (Å²) in [6.07, 6.45) is 3.31. The first kappa shape index (κ1) is 24.5. The molecular formula is C24H29N3O5. The zero-order valence-corrected chi connectivity index (χ0v) is 18.2. The molecule has 0 aliphatic carbocycles. The van der Waals surface area contributed by atoms with Gasteiger partial charge < -0.3 is 25.6 Å². The van der Waals surface area contributed by atoms with Gasteiger partial charge >= 0.3 is 11.9 Å². The molecule has 2 aromatic carbocycles. The lowest BCUT2D eigenvalue weighted by atomic mass is 10.0. The van der Waals surface area contributed by atoms with E-state index in [4.69, 9.17) is 14.9 Å². The van der Waals surface area contributed by atoms with Crippen molar-refractivity contribution in [2.24, 2.45) is 4.99 Å². The Morgan fingerprint density at radius 1 is 1.06 bits per heavy atom. The Kier molecular flexibility index (Phi) is 9.77. The fourth-order valence-corrected chi connectivity index (χ4v) is 2.70. The number of hydrogen-bond donors (Lipinski definition) is 4. The van der Waals surface area contributed by atoms with Gasteiger partial charge in [0.2, 0.25) is 0 Å². The predicted molar refractivity (Wildman–Crippen MR) is 124 cm³/mol. The standard InChI is InChI=1S/C20H25N3O.C4H4O4/c1-3-15(2)24-19-10-6-17(7-11-19)14-16-4-8-18(9-5-16)23-20-21-12-13-22-20;5-3(6)1-2-4(7)8/h4-11,15H,3,12-14H2,1-2H3,(H2,21,22,23);1-2H,(H,5,6)(H,7,8)/b;2-1-/t15-;/m0./s1. The Hall–Kier alpha value is -3.81. The number of hydrogen-bond acceptors (Lipinski definition) is 6. The predicted octanol–water partition coefficient (Wildman–Crippen LogP) is 3.54. The summed E-state index contributed by atoms with van der Waals surface area (Å²) < 4.78 is 5.82. The number of nitrogens with zero attached hydrogens (tertiary/aromatic N) is 1. The van der Waals surface area contributed by atoms with Gasteiger partial charge in [-0.15, -0.1) is 0 Å². The quantitative estimate of drug-likeness (QED) is 0.464. The van der Waals surface area contributed by atoms with Gasteiger partial charge in [-0.2, -0.15) is 0 Å². The molecule has 1 atom stereocenters. The minimum absolute atomic E-state index is 0.259. The highest BCUT2D eigenvalue weighted by molar-refractivity contribution is 5.94. The summed E-state index contributed by atoms with van der Waals surface area (Å²) in [4.78, 5) is 23.4. The van der Waals surface area contributed by atoms with Crippen molar-refractivity contribution in [2.75, 3.05) is 18.4 Å². The Morgan fingerprint density at radius 2 is 1.62 bits per heavy atom. The summed E-state index contributed by atoms with van der Waals surface area (Å²) in [5, 5.41) is 22.1. The average molecular weight is 440 g/mol. The number of guanidine groups is 1. The largest absolute Gasteiger partial charge is 0.491 e. The van der Waals surface area contributed by atoms with E-state index >= 15 is 0 Å². The molecule has 0 spiro atoms. The van der Waals surface area contributed by atoms with E-state index in [1.54, 1.807) is 0 Å². The number of carbonyl (C=O) groups is 2. The van der Waals surface area contributed by atoms with Crippen LogP contribution in [-0.2, 0) is 16.0 Å². The molecule has 0 unspecified atom stereocenters. The lowest BCUT2D eigenvalue weighted by molar-refractivity contribution is -0.134. The molecule has 2 aromatic rings. The highest BCUT2D eigenvalue weighted by Crippen LogP contribution is 2.18. The second-order valence-corrected chi connectivity index (χ2v) is 7.15. The zero-order chi connectivity index (χ0) is 23.3. The molecular weight excluding hydrogens is 410 g/mol. The van der Waals surface area contributed by atoms with Gasteiger partial charge in [0, 0.05) is 24.4 Å². The van der Waals surface area contributed by atoms with Crippen molar-refractivity contribution >= 4 is 23.6 Å². The third-order valence-electron chi connectivity index (χ3n) is 4.50. The van der Waals surface area contributed by atoms with Gasteiger partial charge in [0.15, 0.2) is 5.96 Å². The number of rotatable bonds is 8. The van der Waals surface area contributed by atoms with E-state index in [1.165, 1.54) is 11.1 Å². The van der Waals surface area contributed by atoms with Gasteiger partial charge in [-0.25, -0.2) is 9.59 Å². The smallest absolute Gasteiger partial charge is 0.328 e. The number of nitrogens with one attached hydrogen (secondary N) is 2. The molecule has 3 rings (SSSR count). The molecule has 1 heterocycles. The van der Waals surface area contributed by atoms with E-state index < -0.39 is 11.9 Å². The van der Waals surface area contributed by atoms with Crippen LogP contribution in [-0.4, -0.2) is 47.3 Å². The second-order valence-electron chi connectivity index (χ2n) is 7.15. The first-order chi connectivity index (χ1) is 15.4. The third-order valence-corrected chi connectivity index (χ3v) is 4.50. The number of carboxylic acid groups (broad SMARTS) is 2. The minimum Gasteiger partial charge on any atom is -0.491 e. The summed E-state index contributed by atoms with van der Waals surface area (Å²) >= 11 is 0. The topological polar surface area (TPSA) is 120 Å². The Bertz CT molecular complexity index is 921. The summed E-state index contributed by atoms with van der Waals surface area (Å²) in [6.45, 7) is 5.98. The number of carboxylic acids is 2. The minimum atomic E-state index is -1.26. The summed E-state index contributed by atoms with van der Waals surface area (Å²) in [5.74, 6) is -0.711. The van der Waals surface area contributed by atoms with Crippen LogP contribution in [0, 0.1) is 0 Å². The third kappa shape index (κ3) is 9.34. The van der Waals surface area contributed by atoms with Crippen LogP contribution in [0.4, 0.5) is 5.69 Å². The molecule has 1 aliphatic heterocycles. The van der Waals surface area contributed by atoms with Crippen LogP contribution in [0.3, 0.4) is 0 Å². The average Bonchev–Trinajstić information content (AvgIpc) is 3.28. The van der Waals surface area contributed by atoms with Crippen molar-refractivity contribution in [3.63, 3.8) is 0 Å². The van der Waals surface area contributed by atoms with E-state index in [1.807, 2.05) is 0 Å². The first-order valence-corrected chi connectivity index (χ1v) is 10.4. The van der Waals surface area contributed by atoms with Crippen LogP contribution >= 0.6 is 0 Å². The summed E-state index contributed by atoms with van der Waals surface area (Å²) in [7, 11) is 0. The van der Waals surface area contributed by atoms with Gasteiger partial charge in [0.1, 0.15) is 5.75 Å². The SMILES string of the molecule is CC[C@H](C)Oc1ccc(Cc2ccc(NC3=NCCN3)cc2)cc1.O=C(O)/C=C\C(=O)O. The normalized spacial score (nSPS) is 13.4. The van der Waals surface area contributed by atoms with Crippen molar-refractivity contribution in [3.05, 3.63) is 71.8 Å². The Morgan fingerprint density at radius 3 is 2.09 bits per heavy atom. The Labute approximate surface area is 187 Å². The Balaban J connectivity index is 0.000000390. The number of aliphatic imine (C=N–C) groups is 1. The molecule has 0 saturated heterocycles. The first-order valence-electron chi connectivity index (χ1n) is 10.4. The van der Waals surface area contributed by atoms with E-state index in [0.29, 0.717) is 12.2 Å². The van der Waals surface area contributed by atoms with E-state index in [2.05, 4.69) is 78.0 Å². The van der Waals surface area contributed by atoms with Crippen LogP contribution in [0.1, 0.15) is 31.4 Å². The summed E-state index contributed by atoms with van der Waals surface area (Å²) in [6, 6.07) is 16.9. The number of aliphatic carboxylic acids is 2. The highest BCUT2D eigenvalue weighted by atomic mass is 16.5. The van der Waals surface area contributed by atoms with Gasteiger partial charge in [-0.3, -0.25) is 4.99 Å². The van der Waals surface area contributed by atoms with Crippen molar-refractivity contribution in [1.82, 2.24) is 5.32 Å². The molecule has 32 heavy (non-hydrogen) atoms. The molecule has 0 radical (unpaired) electrons. The number of anilines is 1. The van der Waals surface area contributed by atoms with Crippen LogP contribution in [0.25, 0.3) is 0 Å². The fraction of sp³-hybridized carbons (Fsp3) is 0.292. The maximum Gasteiger partial charge on any atom is 0.328 e. The maximum atomic E-state index is 9.55. The maximum absolute atomic E-state index is 9.55.